The number of rotatable bonds is 9. The molecule has 10 heteroatoms. The maximum absolute atomic E-state index is 13.5. The van der Waals surface area contributed by atoms with E-state index in [1.54, 1.807) is 42.5 Å². The minimum absolute atomic E-state index is 0.0549. The van der Waals surface area contributed by atoms with E-state index >= 15 is 0 Å². The molecule has 0 heterocycles. The van der Waals surface area contributed by atoms with E-state index in [0.29, 0.717) is 17.0 Å². The Hall–Kier alpha value is -2.88. The third kappa shape index (κ3) is 6.62. The van der Waals surface area contributed by atoms with Gasteiger partial charge in [0.1, 0.15) is 6.54 Å². The largest absolute Gasteiger partial charge is 0.348 e. The molecule has 0 saturated heterocycles. The van der Waals surface area contributed by atoms with Crippen LogP contribution in [0.3, 0.4) is 0 Å². The van der Waals surface area contributed by atoms with Crippen molar-refractivity contribution in [2.75, 3.05) is 17.1 Å². The lowest BCUT2D eigenvalue weighted by molar-refractivity contribution is -0.120. The van der Waals surface area contributed by atoms with E-state index in [1.807, 2.05) is 13.8 Å². The Labute approximate surface area is 211 Å². The zero-order chi connectivity index (χ0) is 25.8. The van der Waals surface area contributed by atoms with Gasteiger partial charge < -0.3 is 5.32 Å². The molecule has 0 saturated carbocycles. The monoisotopic (exact) mass is 534 g/mol. The quantitative estimate of drug-likeness (QED) is 0.435. The Morgan fingerprint density at radius 2 is 1.54 bits per heavy atom. The average Bonchev–Trinajstić information content (AvgIpc) is 2.80. The second kappa shape index (κ2) is 10.8. The van der Waals surface area contributed by atoms with Crippen LogP contribution in [-0.4, -0.2) is 35.5 Å². The maximum atomic E-state index is 13.5. The van der Waals surface area contributed by atoms with Crippen LogP contribution in [0.25, 0.3) is 0 Å². The Balaban J connectivity index is 1.89. The van der Waals surface area contributed by atoms with Crippen LogP contribution < -0.4 is 9.62 Å². The number of nitrogens with zero attached hydrogens (tertiary/aromatic N) is 1. The number of hydrogen-bond acceptors (Lipinski definition) is 5. The number of benzene rings is 3. The smallest absolute Gasteiger partial charge is 0.264 e. The molecule has 186 valence electrons. The summed E-state index contributed by atoms with van der Waals surface area (Å²) in [7, 11) is -7.41. The Morgan fingerprint density at radius 3 is 2.09 bits per heavy atom. The molecule has 1 amide bonds. The van der Waals surface area contributed by atoms with Gasteiger partial charge in [0.2, 0.25) is 5.91 Å². The van der Waals surface area contributed by atoms with Crippen LogP contribution in [0, 0.1) is 6.92 Å². The molecular weight excluding hydrogens is 508 g/mol. The van der Waals surface area contributed by atoms with E-state index in [-0.39, 0.29) is 15.5 Å². The van der Waals surface area contributed by atoms with E-state index in [2.05, 4.69) is 5.32 Å². The number of hydrogen-bond donors (Lipinski definition) is 1. The van der Waals surface area contributed by atoms with Gasteiger partial charge >= 0.3 is 0 Å². The van der Waals surface area contributed by atoms with Crippen LogP contribution in [-0.2, 0) is 24.7 Å². The molecule has 3 rings (SSSR count). The Kier molecular flexibility index (Phi) is 8.25. The van der Waals surface area contributed by atoms with Crippen molar-refractivity contribution < 1.29 is 21.6 Å². The van der Waals surface area contributed by atoms with Crippen LogP contribution in [0.4, 0.5) is 5.69 Å². The van der Waals surface area contributed by atoms with Gasteiger partial charge in [0, 0.05) is 11.3 Å². The van der Waals surface area contributed by atoms with Gasteiger partial charge in [-0.1, -0.05) is 54.4 Å². The molecule has 3 aromatic carbocycles. The zero-order valence-electron chi connectivity index (χ0n) is 19.6. The molecule has 0 aromatic heterocycles. The predicted octanol–water partition coefficient (Wildman–Crippen LogP) is 4.51. The zero-order valence-corrected chi connectivity index (χ0v) is 22.0. The fraction of sp³-hybridized carbons (Fsp3) is 0.240. The molecule has 0 fully saturated rings. The van der Waals surface area contributed by atoms with Gasteiger partial charge in [0.05, 0.1) is 21.5 Å². The van der Waals surface area contributed by atoms with Gasteiger partial charge in [-0.15, -0.1) is 0 Å². The summed E-state index contributed by atoms with van der Waals surface area (Å²) in [6.45, 7) is 3.26. The molecule has 0 aliphatic carbocycles. The molecule has 0 bridgehead atoms. The lowest BCUT2D eigenvalue weighted by atomic mass is 10.0. The number of sulfonamides is 1. The van der Waals surface area contributed by atoms with E-state index in [1.165, 1.54) is 30.3 Å². The van der Waals surface area contributed by atoms with Crippen molar-refractivity contribution in [2.24, 2.45) is 0 Å². The number of amides is 1. The topological polar surface area (TPSA) is 101 Å². The van der Waals surface area contributed by atoms with Gasteiger partial charge in [0.25, 0.3) is 10.0 Å². The van der Waals surface area contributed by atoms with Crippen LogP contribution >= 0.6 is 11.6 Å². The molecular formula is C25H27ClN2O5S2. The average molecular weight is 535 g/mol. The summed E-state index contributed by atoms with van der Waals surface area (Å²) in [6, 6.07) is 18.5. The van der Waals surface area contributed by atoms with Crippen molar-refractivity contribution in [3.8, 4) is 0 Å². The first kappa shape index (κ1) is 26.7. The van der Waals surface area contributed by atoms with Gasteiger partial charge in [-0.2, -0.15) is 0 Å². The van der Waals surface area contributed by atoms with Crippen molar-refractivity contribution in [1.82, 2.24) is 5.32 Å². The summed E-state index contributed by atoms with van der Waals surface area (Å²) in [5.74, 6) is -0.514. The number of carbonyl (C=O) groups is 1. The van der Waals surface area contributed by atoms with E-state index < -0.39 is 38.4 Å². The summed E-state index contributed by atoms with van der Waals surface area (Å²) in [5, 5.41) is 3.20. The van der Waals surface area contributed by atoms with Crippen molar-refractivity contribution in [3.63, 3.8) is 0 Å². The second-order valence-corrected chi connectivity index (χ2v) is 12.5. The summed E-state index contributed by atoms with van der Waals surface area (Å²) < 4.78 is 51.5. The minimum atomic E-state index is -4.06. The standard InChI is InChI=1S/C25H27ClN2O5S2/c1-4-24(19-10-14-22(15-11-19)34(3,30)31)27-25(29)17-28(21-7-5-6-20(26)16-21)35(32,33)23-12-8-18(2)9-13-23/h5-16,24H,4,17H2,1-3H3,(H,27,29). The molecule has 0 aliphatic heterocycles. The van der Waals surface area contributed by atoms with Crippen LogP contribution in [0.1, 0.15) is 30.5 Å². The molecule has 0 aliphatic rings. The first-order valence-corrected chi connectivity index (χ1v) is 14.6. The highest BCUT2D eigenvalue weighted by atomic mass is 35.5. The first-order chi connectivity index (χ1) is 16.4. The van der Waals surface area contributed by atoms with Crippen LogP contribution in [0.15, 0.2) is 82.6 Å². The summed E-state index contributed by atoms with van der Waals surface area (Å²) in [6.07, 6.45) is 1.64. The molecule has 1 N–H and O–H groups in total. The Morgan fingerprint density at radius 1 is 0.943 bits per heavy atom. The highest BCUT2D eigenvalue weighted by Gasteiger charge is 2.28. The van der Waals surface area contributed by atoms with E-state index in [4.69, 9.17) is 11.6 Å². The minimum Gasteiger partial charge on any atom is -0.348 e. The predicted molar refractivity (Wildman–Crippen MR) is 138 cm³/mol. The van der Waals surface area contributed by atoms with Crippen LogP contribution in [0.2, 0.25) is 5.02 Å². The maximum Gasteiger partial charge on any atom is 0.264 e. The van der Waals surface area contributed by atoms with Gasteiger partial charge in [-0.3, -0.25) is 9.10 Å². The normalized spacial score (nSPS) is 12.7. The number of nitrogens with one attached hydrogen (secondary N) is 1. The lowest BCUT2D eigenvalue weighted by Crippen LogP contribution is -2.42. The van der Waals surface area contributed by atoms with Gasteiger partial charge in [-0.25, -0.2) is 16.8 Å². The van der Waals surface area contributed by atoms with Crippen molar-refractivity contribution in [3.05, 3.63) is 88.9 Å². The van der Waals surface area contributed by atoms with Gasteiger partial charge in [-0.05, 0) is 61.4 Å². The number of anilines is 1. The first-order valence-electron chi connectivity index (χ1n) is 10.9. The molecule has 0 spiro atoms. The summed E-state index contributed by atoms with van der Waals surface area (Å²) >= 11 is 6.11. The molecule has 0 radical (unpaired) electrons. The number of halogens is 1. The SMILES string of the molecule is CCC(NC(=O)CN(c1cccc(Cl)c1)S(=O)(=O)c1ccc(C)cc1)c1ccc(S(C)(=O)=O)cc1. The van der Waals surface area contributed by atoms with Crippen LogP contribution in [0.5, 0.6) is 0 Å². The second-order valence-electron chi connectivity index (χ2n) is 8.17. The third-order valence-electron chi connectivity index (χ3n) is 5.45. The third-order valence-corrected chi connectivity index (χ3v) is 8.60. The molecule has 1 unspecified atom stereocenters. The summed E-state index contributed by atoms with van der Waals surface area (Å²) in [5.41, 5.74) is 1.88. The Bertz CT molecular complexity index is 1400. The molecule has 1 atom stereocenters. The van der Waals surface area contributed by atoms with Crippen molar-refractivity contribution >= 4 is 43.1 Å². The van der Waals surface area contributed by atoms with Crippen molar-refractivity contribution in [2.45, 2.75) is 36.1 Å². The molecule has 3 aromatic rings. The van der Waals surface area contributed by atoms with Gasteiger partial charge in [0.15, 0.2) is 9.84 Å². The fourth-order valence-electron chi connectivity index (χ4n) is 3.52. The fourth-order valence-corrected chi connectivity index (χ4v) is 5.75. The lowest BCUT2D eigenvalue weighted by Gasteiger charge is -2.26. The van der Waals surface area contributed by atoms with E-state index in [9.17, 15) is 21.6 Å². The number of sulfone groups is 1. The van der Waals surface area contributed by atoms with E-state index in [0.717, 1.165) is 16.1 Å². The van der Waals surface area contributed by atoms with Crippen molar-refractivity contribution in [1.29, 1.82) is 0 Å². The highest BCUT2D eigenvalue weighted by Crippen LogP contribution is 2.27. The molecule has 35 heavy (non-hydrogen) atoms. The number of aryl methyl sites for hydroxylation is 1. The summed E-state index contributed by atoms with van der Waals surface area (Å²) in [4.78, 5) is 13.3. The number of carbonyl (C=O) groups excluding carboxylic acids is 1. The highest BCUT2D eigenvalue weighted by molar-refractivity contribution is 7.93. The molecule has 7 nitrogen and oxygen atoms in total.